The lowest BCUT2D eigenvalue weighted by molar-refractivity contribution is -0.143. The largest absolute Gasteiger partial charge is 0.479 e. The van der Waals surface area contributed by atoms with Crippen LogP contribution in [0.3, 0.4) is 0 Å². The molecule has 1 heterocycles. The van der Waals surface area contributed by atoms with Gasteiger partial charge in [-0.1, -0.05) is 0 Å². The number of thioether (sulfide) groups is 1. The fourth-order valence-corrected chi connectivity index (χ4v) is 1.24. The maximum Gasteiger partial charge on any atom is 0.343 e. The van der Waals surface area contributed by atoms with Gasteiger partial charge in [-0.3, -0.25) is 0 Å². The molecular formula is C4H6O3S. The van der Waals surface area contributed by atoms with E-state index in [1.165, 1.54) is 11.8 Å². The number of aliphatic carboxylic acids is 1. The summed E-state index contributed by atoms with van der Waals surface area (Å²) < 4.78 is 4.78. The van der Waals surface area contributed by atoms with E-state index in [1.54, 1.807) is 0 Å². The molecule has 0 spiro atoms. The van der Waals surface area contributed by atoms with Gasteiger partial charge in [0.2, 0.25) is 5.44 Å². The van der Waals surface area contributed by atoms with Gasteiger partial charge in [0.15, 0.2) is 0 Å². The monoisotopic (exact) mass is 134 g/mol. The van der Waals surface area contributed by atoms with Gasteiger partial charge >= 0.3 is 5.97 Å². The second-order valence-electron chi connectivity index (χ2n) is 1.41. The third kappa shape index (κ3) is 1.14. The first kappa shape index (κ1) is 5.91. The summed E-state index contributed by atoms with van der Waals surface area (Å²) in [4.78, 5) is 10.1. The molecule has 0 bridgehead atoms. The Morgan fingerprint density at radius 1 is 1.88 bits per heavy atom. The SMILES string of the molecule is O=C(O)[C@@H]1OCCS1. The van der Waals surface area contributed by atoms with E-state index in [0.29, 0.717) is 6.61 Å². The molecule has 0 saturated carbocycles. The van der Waals surface area contributed by atoms with E-state index in [2.05, 4.69) is 0 Å². The van der Waals surface area contributed by atoms with Crippen molar-refractivity contribution in [1.29, 1.82) is 0 Å². The predicted molar refractivity (Wildman–Crippen MR) is 29.8 cm³/mol. The molecule has 0 aromatic rings. The van der Waals surface area contributed by atoms with Crippen molar-refractivity contribution in [2.75, 3.05) is 12.4 Å². The summed E-state index contributed by atoms with van der Waals surface area (Å²) in [5.41, 5.74) is -0.602. The Morgan fingerprint density at radius 3 is 2.88 bits per heavy atom. The van der Waals surface area contributed by atoms with Crippen molar-refractivity contribution in [2.24, 2.45) is 0 Å². The summed E-state index contributed by atoms with van der Waals surface area (Å²) >= 11 is 1.33. The molecule has 1 atom stereocenters. The van der Waals surface area contributed by atoms with Crippen molar-refractivity contribution in [3.05, 3.63) is 0 Å². The summed E-state index contributed by atoms with van der Waals surface area (Å²) in [7, 11) is 0. The van der Waals surface area contributed by atoms with E-state index in [9.17, 15) is 4.79 Å². The van der Waals surface area contributed by atoms with Gasteiger partial charge in [0, 0.05) is 5.75 Å². The average Bonchev–Trinajstić information content (AvgIpc) is 2.12. The molecule has 0 aromatic carbocycles. The van der Waals surface area contributed by atoms with E-state index in [-0.39, 0.29) is 0 Å². The topological polar surface area (TPSA) is 46.5 Å². The standard InChI is InChI=1S/C4H6O3S/c5-3(6)4-7-1-2-8-4/h4H,1-2H2,(H,5,6)/t4-/m1/s1. The highest BCUT2D eigenvalue weighted by Gasteiger charge is 2.22. The molecule has 1 saturated heterocycles. The molecule has 8 heavy (non-hydrogen) atoms. The molecule has 1 aliphatic heterocycles. The van der Waals surface area contributed by atoms with Gasteiger partial charge in [0.1, 0.15) is 0 Å². The molecule has 1 aliphatic rings. The molecule has 0 unspecified atom stereocenters. The lowest BCUT2D eigenvalue weighted by atomic mass is 10.7. The molecule has 0 aromatic heterocycles. The Labute approximate surface area is 51.0 Å². The van der Waals surface area contributed by atoms with Crippen molar-refractivity contribution in [2.45, 2.75) is 5.44 Å². The smallest absolute Gasteiger partial charge is 0.343 e. The highest BCUT2D eigenvalue weighted by atomic mass is 32.2. The van der Waals surface area contributed by atoms with E-state index < -0.39 is 11.4 Å². The van der Waals surface area contributed by atoms with Crippen molar-refractivity contribution >= 4 is 17.7 Å². The molecule has 1 rings (SSSR count). The molecule has 4 heteroatoms. The summed E-state index contributed by atoms with van der Waals surface area (Å²) in [6.07, 6.45) is 0. The third-order valence-electron chi connectivity index (χ3n) is 0.823. The molecule has 0 aliphatic carbocycles. The van der Waals surface area contributed by atoms with Gasteiger partial charge in [-0.25, -0.2) is 4.79 Å². The Bertz CT molecular complexity index is 97.5. The second kappa shape index (κ2) is 2.37. The van der Waals surface area contributed by atoms with Crippen LogP contribution in [0.5, 0.6) is 0 Å². The lowest BCUT2D eigenvalue weighted by Crippen LogP contribution is -2.14. The van der Waals surface area contributed by atoms with Crippen LogP contribution in [0.4, 0.5) is 0 Å². The third-order valence-corrected chi connectivity index (χ3v) is 1.87. The van der Waals surface area contributed by atoms with E-state index in [0.717, 1.165) is 5.75 Å². The van der Waals surface area contributed by atoms with Crippen LogP contribution in [-0.4, -0.2) is 28.9 Å². The van der Waals surface area contributed by atoms with Gasteiger partial charge in [0.25, 0.3) is 0 Å². The first-order chi connectivity index (χ1) is 3.80. The van der Waals surface area contributed by atoms with Crippen LogP contribution in [0.2, 0.25) is 0 Å². The van der Waals surface area contributed by atoms with E-state index >= 15 is 0 Å². The Balaban J connectivity index is 2.35. The van der Waals surface area contributed by atoms with Crippen LogP contribution < -0.4 is 0 Å². The number of hydrogen-bond acceptors (Lipinski definition) is 3. The Morgan fingerprint density at radius 2 is 2.62 bits per heavy atom. The average molecular weight is 134 g/mol. The number of carboxylic acids is 1. The maximum atomic E-state index is 10.1. The van der Waals surface area contributed by atoms with Crippen molar-refractivity contribution < 1.29 is 14.6 Å². The fourth-order valence-electron chi connectivity index (χ4n) is 0.501. The van der Waals surface area contributed by atoms with Crippen molar-refractivity contribution in [3.8, 4) is 0 Å². The van der Waals surface area contributed by atoms with Crippen LogP contribution in [-0.2, 0) is 9.53 Å². The van der Waals surface area contributed by atoms with E-state index in [1.807, 2.05) is 0 Å². The summed E-state index contributed by atoms with van der Waals surface area (Å²) in [5, 5.41) is 8.27. The molecule has 46 valence electrons. The molecule has 3 nitrogen and oxygen atoms in total. The summed E-state index contributed by atoms with van der Waals surface area (Å²) in [6.45, 7) is 0.571. The highest BCUT2D eigenvalue weighted by molar-refractivity contribution is 8.00. The zero-order valence-electron chi connectivity index (χ0n) is 4.16. The lowest BCUT2D eigenvalue weighted by Gasteiger charge is -1.97. The predicted octanol–water partition coefficient (Wildman–Crippen LogP) is 0.160. The number of ether oxygens (including phenoxy) is 1. The first-order valence-electron chi connectivity index (χ1n) is 2.27. The van der Waals surface area contributed by atoms with Crippen LogP contribution in [0.25, 0.3) is 0 Å². The Hall–Kier alpha value is -0.220. The van der Waals surface area contributed by atoms with Crippen molar-refractivity contribution in [3.63, 3.8) is 0 Å². The zero-order chi connectivity index (χ0) is 5.98. The molecule has 0 radical (unpaired) electrons. The molecule has 1 fully saturated rings. The zero-order valence-corrected chi connectivity index (χ0v) is 4.98. The highest BCUT2D eigenvalue weighted by Crippen LogP contribution is 2.18. The van der Waals surface area contributed by atoms with E-state index in [4.69, 9.17) is 9.84 Å². The van der Waals surface area contributed by atoms with Crippen LogP contribution >= 0.6 is 11.8 Å². The molecule has 0 amide bonds. The molecule has 1 N–H and O–H groups in total. The van der Waals surface area contributed by atoms with Gasteiger partial charge in [-0.05, 0) is 0 Å². The summed E-state index contributed by atoms with van der Waals surface area (Å²) in [6, 6.07) is 0. The second-order valence-corrected chi connectivity index (χ2v) is 2.58. The number of hydrogen-bond donors (Lipinski definition) is 1. The normalized spacial score (nSPS) is 28.2. The maximum absolute atomic E-state index is 10.1. The fraction of sp³-hybridized carbons (Fsp3) is 0.750. The van der Waals surface area contributed by atoms with Crippen LogP contribution in [0.15, 0.2) is 0 Å². The first-order valence-corrected chi connectivity index (χ1v) is 3.31. The number of carbonyl (C=O) groups is 1. The van der Waals surface area contributed by atoms with Gasteiger partial charge in [0.05, 0.1) is 6.61 Å². The minimum atomic E-state index is -0.868. The Kier molecular flexibility index (Phi) is 1.75. The van der Waals surface area contributed by atoms with Gasteiger partial charge < -0.3 is 9.84 Å². The van der Waals surface area contributed by atoms with Crippen LogP contribution in [0, 0.1) is 0 Å². The van der Waals surface area contributed by atoms with Crippen LogP contribution in [0.1, 0.15) is 0 Å². The van der Waals surface area contributed by atoms with Gasteiger partial charge in [-0.15, -0.1) is 11.8 Å². The number of carboxylic acid groups (broad SMARTS) is 1. The quantitative estimate of drug-likeness (QED) is 0.555. The van der Waals surface area contributed by atoms with Crippen molar-refractivity contribution in [1.82, 2.24) is 0 Å². The van der Waals surface area contributed by atoms with Gasteiger partial charge in [-0.2, -0.15) is 0 Å². The molecular weight excluding hydrogens is 128 g/mol. The minimum absolute atomic E-state index is 0.571. The minimum Gasteiger partial charge on any atom is -0.479 e. The number of rotatable bonds is 1. The summed E-state index contributed by atoms with van der Waals surface area (Å²) in [5.74, 6) is -0.0655.